The summed E-state index contributed by atoms with van der Waals surface area (Å²) in [6.07, 6.45) is 10.5. The maximum absolute atomic E-state index is 13.0. The molecule has 8 N–H and O–H groups in total. The van der Waals surface area contributed by atoms with Gasteiger partial charge in [-0.2, -0.15) is 9.13 Å². The molecule has 35 heteroatoms. The smallest absolute Gasteiger partial charge is 0.412 e. The highest BCUT2D eigenvalue weighted by molar-refractivity contribution is 6.67. The lowest BCUT2D eigenvalue weighted by Gasteiger charge is -2.32. The molecule has 0 radical (unpaired) electrons. The lowest BCUT2D eigenvalue weighted by atomic mass is 10.1. The number of methoxy groups -OCH3 is 1. The zero-order valence-corrected chi connectivity index (χ0v) is 80.5. The summed E-state index contributed by atoms with van der Waals surface area (Å²) in [4.78, 5) is 127. The molecular formula is C90H127Cl4IN10O20. The van der Waals surface area contributed by atoms with Crippen LogP contribution in [0.5, 0.6) is 0 Å². The van der Waals surface area contributed by atoms with Crippen LogP contribution in [0.4, 0.5) is 14.4 Å². The first-order chi connectivity index (χ1) is 56.9. The number of amides is 6. The molecule has 0 aliphatic rings. The number of rotatable bonds is 29. The van der Waals surface area contributed by atoms with Gasteiger partial charge < -0.3 is 116 Å². The third-order valence-corrected chi connectivity index (χ3v) is 16.2. The number of hydrogen-bond acceptors (Lipinski definition) is 21. The second-order valence-corrected chi connectivity index (χ2v) is 33.6. The number of carboxylic acid groups (broad SMARTS) is 1. The molecule has 692 valence electrons. The molecule has 6 amide bonds. The van der Waals surface area contributed by atoms with Crippen molar-refractivity contribution in [3.63, 3.8) is 0 Å². The summed E-state index contributed by atoms with van der Waals surface area (Å²) in [5.41, 5.74) is 2.53. The van der Waals surface area contributed by atoms with E-state index in [-0.39, 0.29) is 104 Å². The molecule has 7 aromatic rings. The van der Waals surface area contributed by atoms with Crippen molar-refractivity contribution in [2.75, 3.05) is 13.2 Å². The van der Waals surface area contributed by atoms with Crippen molar-refractivity contribution in [2.45, 2.75) is 261 Å². The van der Waals surface area contributed by atoms with Gasteiger partial charge in [0.2, 0.25) is 0 Å². The molecule has 4 aromatic heterocycles. The minimum Gasteiger partial charge on any atom is -1.00 e. The summed E-state index contributed by atoms with van der Waals surface area (Å²) < 4.78 is 45.8. The van der Waals surface area contributed by atoms with Gasteiger partial charge in [-0.3, -0.25) is 29.1 Å². The Morgan fingerprint density at radius 1 is 0.408 bits per heavy atom. The van der Waals surface area contributed by atoms with Crippen LogP contribution in [0.3, 0.4) is 0 Å². The zero-order chi connectivity index (χ0) is 92.1. The van der Waals surface area contributed by atoms with Crippen LogP contribution in [0.15, 0.2) is 189 Å². The average molecular weight is 1940 g/mol. The summed E-state index contributed by atoms with van der Waals surface area (Å²) in [7, 11) is 1.71. The zero-order valence-electron chi connectivity index (χ0n) is 75.3. The normalized spacial score (nSPS) is 13.0. The molecule has 125 heavy (non-hydrogen) atoms. The number of halogens is 5. The van der Waals surface area contributed by atoms with Crippen LogP contribution < -0.4 is 77.4 Å². The van der Waals surface area contributed by atoms with E-state index >= 15 is 0 Å². The van der Waals surface area contributed by atoms with Gasteiger partial charge in [-0.15, -0.1) is 12.4 Å². The van der Waals surface area contributed by atoms with E-state index in [2.05, 4.69) is 46.6 Å². The average Bonchev–Trinajstić information content (AvgIpc) is 0.846. The van der Waals surface area contributed by atoms with Crippen molar-refractivity contribution < 1.29 is 142 Å². The molecule has 0 aliphatic carbocycles. The fourth-order valence-electron chi connectivity index (χ4n) is 10.3. The molecule has 7 rings (SSSR count). The fraction of sp³-hybridized carbons (Fsp3) is 0.467. The molecule has 0 saturated heterocycles. The maximum atomic E-state index is 13.0. The quantitative estimate of drug-likeness (QED) is 0.00566. The Morgan fingerprint density at radius 2 is 0.680 bits per heavy atom. The van der Waals surface area contributed by atoms with E-state index in [4.69, 9.17) is 61.5 Å². The Bertz CT molecular complexity index is 4300. The predicted octanol–water partition coefficient (Wildman–Crippen LogP) is 7.37. The first-order valence-corrected chi connectivity index (χ1v) is 40.4. The number of carboxylic acids is 1. The van der Waals surface area contributed by atoms with Gasteiger partial charge in [-0.05, 0) is 217 Å². The Morgan fingerprint density at radius 3 is 0.920 bits per heavy atom. The number of aromatic nitrogens is 4. The number of hydrogen-bond donors (Lipinski definition) is 8. The number of aliphatic hydroxyl groups excluding tert-OH is 1. The number of carbonyl (C=O) groups is 10. The molecule has 9 atom stereocenters. The molecule has 0 aliphatic heterocycles. The highest BCUT2D eigenvalue weighted by Crippen LogP contribution is 2.20. The highest BCUT2D eigenvalue weighted by Gasteiger charge is 2.37. The number of esters is 2. The first kappa shape index (κ1) is 117. The second kappa shape index (κ2) is 59.3. The van der Waals surface area contributed by atoms with Crippen LogP contribution in [0, 0.1) is 0 Å². The summed E-state index contributed by atoms with van der Waals surface area (Å²) in [5, 5.41) is 34.0. The van der Waals surface area contributed by atoms with Crippen molar-refractivity contribution in [2.24, 2.45) is 0 Å². The molecule has 0 fully saturated rings. The number of carbonyl (C=O) groups excluding carboxylic acids is 9. The Hall–Kier alpha value is -9.71. The first-order valence-electron chi connectivity index (χ1n) is 39.5. The summed E-state index contributed by atoms with van der Waals surface area (Å²) in [6, 6.07) is 38.3. The highest BCUT2D eigenvalue weighted by atomic mass is 127. The van der Waals surface area contributed by atoms with Gasteiger partial charge >= 0.3 is 36.2 Å². The molecule has 0 spiro atoms. The Labute approximate surface area is 775 Å². The molecule has 0 bridgehead atoms. The molecule has 0 saturated carbocycles. The monoisotopic (exact) mass is 1930 g/mol. The number of nitrogens with zero attached hydrogens (tertiary/aromatic N) is 4. The van der Waals surface area contributed by atoms with E-state index in [1.54, 1.807) is 120 Å². The molecule has 30 nitrogen and oxygen atoms in total. The molecule has 4 heterocycles. The van der Waals surface area contributed by atoms with Gasteiger partial charge in [0.25, 0.3) is 36.4 Å². The largest absolute Gasteiger partial charge is 1.00 e. The Balaban J connectivity index is 0. The van der Waals surface area contributed by atoms with E-state index in [9.17, 15) is 53.1 Å². The van der Waals surface area contributed by atoms with Crippen molar-refractivity contribution in [1.29, 1.82) is 0 Å². The minimum absolute atomic E-state index is 0. The number of alkyl halides is 1. The number of nitrogens with one attached hydrogen (secondary N) is 6. The lowest BCUT2D eigenvalue weighted by Crippen LogP contribution is -3.00. The predicted molar refractivity (Wildman–Crippen MR) is 470 cm³/mol. The number of aliphatic hydroxyl groups is 1. The number of pyridine rings is 4. The Kier molecular flexibility index (Phi) is 55.7. The molecule has 3 aromatic carbocycles. The standard InChI is InChI=1S/C29H41N3O6.C21H25N3O6.C18H28N2O4.C11H14ClNO2.C6H4ClNO.C5H12O.2ClH.HI/c1-20(18-22-12-10-9-11-13-22)30-27(35)36-19-32-16-14-23(15-17-32)25(33)31-24(21(2)37-28(3,4)5)26(34)38-29(6,7)8;1-14(12-16-6-4-3-5-7-16)22-21(29)30-13-24-10-8-17(9-11-24)19(26)23-18(15(2)25)20(27)28;1-12(23-17(2,3)4)14(16(22)24-18(5,6)7)20-15(21)13-8-10-19-11-9-13;1-9(13-11(14)15-8-12)7-10-5-3-2-4-6-10;7-6(9)5-1-3-8-4-2-5;1-5(2,3)6-4;;;/h9-17,20-21,24H,18-19H2,1-8H3,(H-,30,31,33,35);3-11,14-15,18,25H,12-13H2,1-2H3,(H2-,22,23,26,27,28,29);8-12,14H,1-7H3,(H,20,21);2-6,9H,7-8H2,1H3,(H,13,14);1-4H;1-4H3;3*1H/t20-,21+,24-;14-,15+,18-;12-,14+;9-;;;;;/m0010...../s1. The van der Waals surface area contributed by atoms with Crippen LogP contribution >= 0.6 is 35.6 Å². The van der Waals surface area contributed by atoms with E-state index < -0.39 is 112 Å². The van der Waals surface area contributed by atoms with Crippen LogP contribution in [-0.4, -0.2) is 175 Å². The van der Waals surface area contributed by atoms with E-state index in [0.29, 0.717) is 29.5 Å². The van der Waals surface area contributed by atoms with Crippen LogP contribution in [0.25, 0.3) is 0 Å². The van der Waals surface area contributed by atoms with Crippen LogP contribution in [0.2, 0.25) is 0 Å². The minimum atomic E-state index is -1.41. The van der Waals surface area contributed by atoms with E-state index in [1.165, 1.54) is 61.8 Å². The maximum Gasteiger partial charge on any atom is 0.412 e. The van der Waals surface area contributed by atoms with E-state index in [1.807, 2.05) is 174 Å². The number of benzene rings is 3. The number of alkyl carbamates (subject to hydrolysis) is 3. The van der Waals surface area contributed by atoms with E-state index in [0.717, 1.165) is 17.5 Å². The van der Waals surface area contributed by atoms with Gasteiger partial charge in [0.1, 0.15) is 11.2 Å². The van der Waals surface area contributed by atoms with Crippen molar-refractivity contribution in [1.82, 2.24) is 41.9 Å². The van der Waals surface area contributed by atoms with Crippen LogP contribution in [0.1, 0.15) is 204 Å². The summed E-state index contributed by atoms with van der Waals surface area (Å²) in [6.45, 7) is 38.4. The SMILES string of the molecule is COC(C)(C)C.C[C@@H](Cc1ccccc1)NC(=O)OCCl.C[C@@H](Cc1ccccc1)NC(=O)OC[n+]1ccc(C(=O)N[C@H](C(=O)O)[C@@H](C)O)cc1.C[C@@H](Cc1ccccc1)NC(=O)OC[n+]1ccc(C(=O)N[C@H](C(=O)OC(C)(C)C)[C@@H](C)OC(C)(C)C)cc1.C[C@@H](OC(C)(C)C)[C@H](NC(=O)c1ccncc1)C(=O)OC(C)(C)C.Cl.O=C(Cl)c1ccncc1.[Cl-].[I-]. The molecule has 0 unspecified atom stereocenters. The third kappa shape index (κ3) is 54.7. The van der Waals surface area contributed by atoms with Crippen molar-refractivity contribution in [3.8, 4) is 0 Å². The van der Waals surface area contributed by atoms with Gasteiger partial charge in [0.05, 0.1) is 46.2 Å². The topological polar surface area (TPSA) is 391 Å². The van der Waals surface area contributed by atoms with Gasteiger partial charge in [0.15, 0.2) is 49.0 Å². The van der Waals surface area contributed by atoms with Crippen molar-refractivity contribution in [3.05, 3.63) is 228 Å². The van der Waals surface area contributed by atoms with Gasteiger partial charge in [-0.1, -0.05) is 103 Å². The van der Waals surface area contributed by atoms with Crippen LogP contribution in [-0.2, 0) is 85.0 Å². The van der Waals surface area contributed by atoms with Gasteiger partial charge in [0, 0.05) is 85.4 Å². The summed E-state index contributed by atoms with van der Waals surface area (Å²) >= 11 is 10.4. The second-order valence-electron chi connectivity index (χ2n) is 33.0. The number of aliphatic carboxylic acids is 1. The summed E-state index contributed by atoms with van der Waals surface area (Å²) in [5.74, 6) is -3.89. The molecular weight excluding hydrogens is 1810 g/mol. The number of ether oxygens (including phenoxy) is 8. The van der Waals surface area contributed by atoms with Crippen molar-refractivity contribution >= 4 is 94.8 Å². The fourth-order valence-corrected chi connectivity index (χ4v) is 10.5. The third-order valence-electron chi connectivity index (χ3n) is 15.8. The van der Waals surface area contributed by atoms with Gasteiger partial charge in [-0.25, -0.2) is 28.8 Å². The lowest BCUT2D eigenvalue weighted by molar-refractivity contribution is -0.727.